The highest BCUT2D eigenvalue weighted by molar-refractivity contribution is 5.79. The fraction of sp³-hybridized carbons (Fsp3) is 0.364. The van der Waals surface area contributed by atoms with Gasteiger partial charge in [-0.05, 0) is 23.6 Å². The van der Waals surface area contributed by atoms with Crippen LogP contribution in [0.1, 0.15) is 25.3 Å². The van der Waals surface area contributed by atoms with Crippen molar-refractivity contribution < 1.29 is 0 Å². The molecule has 0 saturated carbocycles. The number of rotatable bonds is 1. The second-order valence-electron chi connectivity index (χ2n) is 3.72. The van der Waals surface area contributed by atoms with Gasteiger partial charge in [0.2, 0.25) is 0 Å². The summed E-state index contributed by atoms with van der Waals surface area (Å²) < 4.78 is 2.14. The maximum Gasteiger partial charge on any atom is 0.0915 e. The number of nitrogens with zero attached hydrogens (tertiary/aromatic N) is 2. The average Bonchev–Trinajstić information content (AvgIpc) is 2.45. The van der Waals surface area contributed by atoms with Gasteiger partial charge in [-0.2, -0.15) is 0 Å². The van der Waals surface area contributed by atoms with Crippen molar-refractivity contribution in [2.24, 2.45) is 7.05 Å². The van der Waals surface area contributed by atoms with E-state index in [9.17, 15) is 0 Å². The molecule has 2 nitrogen and oxygen atoms in total. The van der Waals surface area contributed by atoms with Crippen LogP contribution < -0.4 is 0 Å². The molecule has 0 aliphatic rings. The third-order valence-corrected chi connectivity index (χ3v) is 2.39. The first-order chi connectivity index (χ1) is 6.20. The quantitative estimate of drug-likeness (QED) is 0.650. The molecule has 2 aromatic heterocycles. The minimum Gasteiger partial charge on any atom is -0.349 e. The van der Waals surface area contributed by atoms with Crippen LogP contribution in [0.3, 0.4) is 0 Å². The molecule has 0 bridgehead atoms. The Morgan fingerprint density at radius 1 is 1.38 bits per heavy atom. The molecule has 0 fully saturated rings. The molecule has 2 heteroatoms. The minimum atomic E-state index is 0.540. The van der Waals surface area contributed by atoms with Crippen molar-refractivity contribution in [3.8, 4) is 0 Å². The van der Waals surface area contributed by atoms with Gasteiger partial charge in [0.15, 0.2) is 0 Å². The molecule has 13 heavy (non-hydrogen) atoms. The van der Waals surface area contributed by atoms with E-state index in [2.05, 4.69) is 42.7 Å². The Morgan fingerprint density at radius 2 is 2.15 bits per heavy atom. The van der Waals surface area contributed by atoms with Gasteiger partial charge in [-0.25, -0.2) is 0 Å². The number of fused-ring (bicyclic) bond motifs is 1. The molecule has 0 radical (unpaired) electrons. The lowest BCUT2D eigenvalue weighted by atomic mass is 10.1. The molecule has 0 saturated heterocycles. The zero-order valence-corrected chi connectivity index (χ0v) is 8.28. The van der Waals surface area contributed by atoms with E-state index in [0.29, 0.717) is 5.92 Å². The molecular weight excluding hydrogens is 160 g/mol. The first kappa shape index (κ1) is 8.30. The highest BCUT2D eigenvalue weighted by Gasteiger charge is 2.09. The number of aryl methyl sites for hydroxylation is 1. The second kappa shape index (κ2) is 2.87. The molecule has 0 spiro atoms. The van der Waals surface area contributed by atoms with Crippen LogP contribution in [0.2, 0.25) is 0 Å². The van der Waals surface area contributed by atoms with Gasteiger partial charge in [-0.3, -0.25) is 4.98 Å². The van der Waals surface area contributed by atoms with E-state index in [4.69, 9.17) is 0 Å². The molecule has 0 unspecified atom stereocenters. The second-order valence-corrected chi connectivity index (χ2v) is 3.72. The van der Waals surface area contributed by atoms with Crippen LogP contribution in [0, 0.1) is 0 Å². The van der Waals surface area contributed by atoms with Crippen LogP contribution in [-0.2, 0) is 7.05 Å². The van der Waals surface area contributed by atoms with Gasteiger partial charge in [0, 0.05) is 19.4 Å². The first-order valence-corrected chi connectivity index (χ1v) is 4.60. The maximum atomic E-state index is 4.40. The van der Waals surface area contributed by atoms with Crippen LogP contribution in [0.5, 0.6) is 0 Å². The van der Waals surface area contributed by atoms with E-state index >= 15 is 0 Å². The monoisotopic (exact) mass is 174 g/mol. The zero-order valence-electron chi connectivity index (χ0n) is 8.28. The molecule has 0 aliphatic carbocycles. The van der Waals surface area contributed by atoms with Crippen LogP contribution in [-0.4, -0.2) is 9.55 Å². The van der Waals surface area contributed by atoms with E-state index < -0.39 is 0 Å². The summed E-state index contributed by atoms with van der Waals surface area (Å²) in [6.07, 6.45) is 4.02. The summed E-state index contributed by atoms with van der Waals surface area (Å²) in [4.78, 5) is 4.40. The lowest BCUT2D eigenvalue weighted by Crippen LogP contribution is -1.85. The molecule has 2 rings (SSSR count). The predicted molar refractivity (Wildman–Crippen MR) is 54.8 cm³/mol. The summed E-state index contributed by atoms with van der Waals surface area (Å²) in [5.41, 5.74) is 3.68. The third-order valence-electron chi connectivity index (χ3n) is 2.39. The molecule has 68 valence electrons. The lowest BCUT2D eigenvalue weighted by Gasteiger charge is -1.99. The van der Waals surface area contributed by atoms with Gasteiger partial charge < -0.3 is 4.57 Å². The van der Waals surface area contributed by atoms with Crippen molar-refractivity contribution in [3.05, 3.63) is 30.1 Å². The standard InChI is InChI=1S/C11H14N2/c1-8(2)9-7-13(3)10-5-4-6-12-11(9)10/h4-8H,1-3H3. The smallest absolute Gasteiger partial charge is 0.0915 e. The normalized spacial score (nSPS) is 11.4. The molecule has 0 N–H and O–H groups in total. The van der Waals surface area contributed by atoms with Gasteiger partial charge >= 0.3 is 0 Å². The van der Waals surface area contributed by atoms with Crippen molar-refractivity contribution in [2.45, 2.75) is 19.8 Å². The van der Waals surface area contributed by atoms with Crippen molar-refractivity contribution in [1.29, 1.82) is 0 Å². The molecule has 0 amide bonds. The molecular formula is C11H14N2. The minimum absolute atomic E-state index is 0.540. The van der Waals surface area contributed by atoms with Crippen LogP contribution in [0.4, 0.5) is 0 Å². The van der Waals surface area contributed by atoms with Crippen molar-refractivity contribution in [3.63, 3.8) is 0 Å². The van der Waals surface area contributed by atoms with Gasteiger partial charge in [0.05, 0.1) is 11.0 Å². The van der Waals surface area contributed by atoms with Crippen molar-refractivity contribution in [1.82, 2.24) is 9.55 Å². The molecule has 0 aromatic carbocycles. The fourth-order valence-electron chi connectivity index (χ4n) is 1.67. The molecule has 2 heterocycles. The number of pyridine rings is 1. The number of hydrogen-bond donors (Lipinski definition) is 0. The highest BCUT2D eigenvalue weighted by Crippen LogP contribution is 2.24. The largest absolute Gasteiger partial charge is 0.349 e. The molecule has 0 atom stereocenters. The Labute approximate surface area is 78.2 Å². The van der Waals surface area contributed by atoms with E-state index in [-0.39, 0.29) is 0 Å². The summed E-state index contributed by atoms with van der Waals surface area (Å²) in [5, 5.41) is 0. The van der Waals surface area contributed by atoms with Crippen LogP contribution in [0.25, 0.3) is 11.0 Å². The third kappa shape index (κ3) is 1.22. The zero-order chi connectivity index (χ0) is 9.42. The maximum absolute atomic E-state index is 4.40. The Kier molecular flexibility index (Phi) is 1.83. The van der Waals surface area contributed by atoms with Crippen molar-refractivity contribution in [2.75, 3.05) is 0 Å². The number of aromatic nitrogens is 2. The van der Waals surface area contributed by atoms with Crippen LogP contribution >= 0.6 is 0 Å². The Hall–Kier alpha value is -1.31. The summed E-state index contributed by atoms with van der Waals surface area (Å²) >= 11 is 0. The van der Waals surface area contributed by atoms with Gasteiger partial charge in [-0.1, -0.05) is 13.8 Å². The number of hydrogen-bond acceptors (Lipinski definition) is 1. The first-order valence-electron chi connectivity index (χ1n) is 4.60. The fourth-order valence-corrected chi connectivity index (χ4v) is 1.67. The Balaban J connectivity index is 2.78. The molecule has 2 aromatic rings. The van der Waals surface area contributed by atoms with E-state index in [0.717, 1.165) is 5.52 Å². The van der Waals surface area contributed by atoms with E-state index in [1.165, 1.54) is 11.1 Å². The SMILES string of the molecule is CC(C)c1cn(C)c2cccnc12. The highest BCUT2D eigenvalue weighted by atomic mass is 14.9. The summed E-state index contributed by atoms with van der Waals surface area (Å²) in [6, 6.07) is 4.08. The summed E-state index contributed by atoms with van der Waals surface area (Å²) in [5.74, 6) is 0.540. The van der Waals surface area contributed by atoms with Crippen LogP contribution in [0.15, 0.2) is 24.5 Å². The van der Waals surface area contributed by atoms with Gasteiger partial charge in [-0.15, -0.1) is 0 Å². The Morgan fingerprint density at radius 3 is 2.85 bits per heavy atom. The summed E-state index contributed by atoms with van der Waals surface area (Å²) in [6.45, 7) is 4.40. The summed E-state index contributed by atoms with van der Waals surface area (Å²) in [7, 11) is 2.07. The van der Waals surface area contributed by atoms with E-state index in [1.54, 1.807) is 0 Å². The predicted octanol–water partition coefficient (Wildman–Crippen LogP) is 2.70. The average molecular weight is 174 g/mol. The van der Waals surface area contributed by atoms with E-state index in [1.807, 2.05) is 12.3 Å². The topological polar surface area (TPSA) is 17.8 Å². The van der Waals surface area contributed by atoms with Gasteiger partial charge in [0.25, 0.3) is 0 Å². The Bertz CT molecular complexity index is 427. The lowest BCUT2D eigenvalue weighted by molar-refractivity contribution is 0.855. The molecule has 0 aliphatic heterocycles. The van der Waals surface area contributed by atoms with Crippen molar-refractivity contribution >= 4 is 11.0 Å². The van der Waals surface area contributed by atoms with Gasteiger partial charge in [0.1, 0.15) is 0 Å².